The molecule has 1 aromatic rings. The number of amides is 1. The number of nitrogens with one attached hydrogen (secondary N) is 2. The Morgan fingerprint density at radius 2 is 2.20 bits per heavy atom. The molecule has 0 aromatic heterocycles. The number of carbonyl (C=O) groups is 1. The molecular formula is C15H15N4O+. The van der Waals surface area contributed by atoms with E-state index in [-0.39, 0.29) is 5.91 Å². The number of hydrogen-bond donors (Lipinski definition) is 2. The first-order valence-corrected chi connectivity index (χ1v) is 6.36. The Morgan fingerprint density at radius 3 is 2.95 bits per heavy atom. The van der Waals surface area contributed by atoms with Crippen molar-refractivity contribution in [2.75, 3.05) is 12.0 Å². The maximum atomic E-state index is 12.2. The Bertz CT molecular complexity index is 631. The summed E-state index contributed by atoms with van der Waals surface area (Å²) < 4.78 is 0. The van der Waals surface area contributed by atoms with Gasteiger partial charge < -0.3 is 10.2 Å². The average molecular weight is 267 g/mol. The zero-order valence-electron chi connectivity index (χ0n) is 10.9. The number of nitrogens with zero attached hydrogens (tertiary/aromatic N) is 2. The monoisotopic (exact) mass is 267 g/mol. The molecule has 0 spiro atoms. The molecular weight excluding hydrogens is 252 g/mol. The Kier molecular flexibility index (Phi) is 3.18. The van der Waals surface area contributed by atoms with Gasteiger partial charge in [0.15, 0.2) is 12.4 Å². The number of aliphatic imine (C=N–C) groups is 1. The molecule has 2 aliphatic heterocycles. The lowest BCUT2D eigenvalue weighted by Gasteiger charge is -2.22. The Morgan fingerprint density at radius 1 is 1.40 bits per heavy atom. The number of quaternary nitrogens is 1. The molecule has 0 aliphatic carbocycles. The highest BCUT2D eigenvalue weighted by Crippen LogP contribution is 2.10. The summed E-state index contributed by atoms with van der Waals surface area (Å²) in [6, 6.07) is 9.36. The summed E-state index contributed by atoms with van der Waals surface area (Å²) in [5, 5.41) is 2.83. The van der Waals surface area contributed by atoms with E-state index in [1.807, 2.05) is 53.7 Å². The summed E-state index contributed by atoms with van der Waals surface area (Å²) in [5.41, 5.74) is 1.20. The molecule has 0 bridgehead atoms. The van der Waals surface area contributed by atoms with Gasteiger partial charge in [-0.1, -0.05) is 24.8 Å². The predicted octanol–water partition coefficient (Wildman–Crippen LogP) is 0.694. The Labute approximate surface area is 117 Å². The molecule has 1 atom stereocenters. The van der Waals surface area contributed by atoms with Gasteiger partial charge in [-0.15, -0.1) is 0 Å². The van der Waals surface area contributed by atoms with E-state index in [4.69, 9.17) is 0 Å². The number of para-hydroxylation sites is 1. The van der Waals surface area contributed by atoms with Crippen LogP contribution in [0, 0.1) is 0 Å². The van der Waals surface area contributed by atoms with Crippen LogP contribution in [0.15, 0.2) is 72.3 Å². The maximum Gasteiger partial charge on any atom is 0.280 e. The minimum absolute atomic E-state index is 0.191. The van der Waals surface area contributed by atoms with Crippen LogP contribution in [0.4, 0.5) is 5.69 Å². The third kappa shape index (κ3) is 2.39. The summed E-state index contributed by atoms with van der Waals surface area (Å²) in [6.07, 6.45) is 7.37. The first-order chi connectivity index (χ1) is 9.76. The number of benzene rings is 1. The second kappa shape index (κ2) is 5.14. The summed E-state index contributed by atoms with van der Waals surface area (Å²) in [6.45, 7) is 4.43. The van der Waals surface area contributed by atoms with Gasteiger partial charge in [0.05, 0.1) is 0 Å². The van der Waals surface area contributed by atoms with Gasteiger partial charge in [0.25, 0.3) is 5.91 Å². The lowest BCUT2D eigenvalue weighted by atomic mass is 10.3. The topological polar surface area (TPSA) is 49.1 Å². The molecule has 100 valence electrons. The van der Waals surface area contributed by atoms with Crippen LogP contribution in [-0.2, 0) is 4.79 Å². The predicted molar refractivity (Wildman–Crippen MR) is 77.6 cm³/mol. The molecule has 5 heteroatoms. The minimum atomic E-state index is -0.191. The molecule has 20 heavy (non-hydrogen) atoms. The SMILES string of the molecule is C=CN1C=CC2=NC(C(=O)Nc3ccccc3)=C[NH+]2C1. The van der Waals surface area contributed by atoms with E-state index in [2.05, 4.69) is 16.9 Å². The first kappa shape index (κ1) is 12.4. The number of carbonyl (C=O) groups excluding carboxylic acids is 1. The summed E-state index contributed by atoms with van der Waals surface area (Å²) in [7, 11) is 0. The molecule has 1 aromatic carbocycles. The third-order valence-corrected chi connectivity index (χ3v) is 3.16. The molecule has 5 nitrogen and oxygen atoms in total. The lowest BCUT2D eigenvalue weighted by Crippen LogP contribution is -3.11. The fourth-order valence-corrected chi connectivity index (χ4v) is 2.12. The van der Waals surface area contributed by atoms with Gasteiger partial charge in [-0.25, -0.2) is 4.90 Å². The second-order valence-electron chi connectivity index (χ2n) is 4.54. The van der Waals surface area contributed by atoms with E-state index < -0.39 is 0 Å². The van der Waals surface area contributed by atoms with Gasteiger partial charge in [-0.2, -0.15) is 4.99 Å². The van der Waals surface area contributed by atoms with Crippen molar-refractivity contribution in [3.8, 4) is 0 Å². The largest absolute Gasteiger partial charge is 0.320 e. The number of amidine groups is 1. The Balaban J connectivity index is 1.74. The standard InChI is InChI=1S/C15H14N4O/c1-2-18-9-8-14-17-13(10-19(14)11-18)15(20)16-12-6-4-3-5-7-12/h2-10H,1,11H2,(H,16,20)/p+1. The van der Waals surface area contributed by atoms with Gasteiger partial charge in [0, 0.05) is 24.2 Å². The number of rotatable bonds is 3. The fraction of sp³-hybridized carbons (Fsp3) is 0.0667. The number of anilines is 1. The van der Waals surface area contributed by atoms with Crippen LogP contribution >= 0.6 is 0 Å². The smallest absolute Gasteiger partial charge is 0.280 e. The molecule has 2 aliphatic rings. The Hall–Kier alpha value is -2.66. The van der Waals surface area contributed by atoms with Crippen molar-refractivity contribution >= 4 is 17.4 Å². The van der Waals surface area contributed by atoms with Crippen LogP contribution in [0.5, 0.6) is 0 Å². The van der Waals surface area contributed by atoms with Crippen LogP contribution in [0.2, 0.25) is 0 Å². The zero-order chi connectivity index (χ0) is 13.9. The zero-order valence-corrected chi connectivity index (χ0v) is 10.9. The van der Waals surface area contributed by atoms with Gasteiger partial charge >= 0.3 is 0 Å². The highest BCUT2D eigenvalue weighted by molar-refractivity contribution is 6.06. The van der Waals surface area contributed by atoms with E-state index in [9.17, 15) is 4.79 Å². The van der Waals surface area contributed by atoms with E-state index >= 15 is 0 Å². The maximum absolute atomic E-state index is 12.2. The number of hydrogen-bond acceptors (Lipinski definition) is 3. The van der Waals surface area contributed by atoms with Gasteiger partial charge in [0.2, 0.25) is 5.84 Å². The highest BCUT2D eigenvalue weighted by atomic mass is 16.2. The van der Waals surface area contributed by atoms with Crippen molar-refractivity contribution in [1.82, 2.24) is 4.90 Å². The second-order valence-corrected chi connectivity index (χ2v) is 4.54. The summed E-state index contributed by atoms with van der Waals surface area (Å²) in [5.74, 6) is 0.658. The van der Waals surface area contributed by atoms with Crippen LogP contribution in [0.3, 0.4) is 0 Å². The minimum Gasteiger partial charge on any atom is -0.320 e. The van der Waals surface area contributed by atoms with Crippen LogP contribution in [-0.4, -0.2) is 23.3 Å². The van der Waals surface area contributed by atoms with Gasteiger partial charge in [0.1, 0.15) is 6.20 Å². The third-order valence-electron chi connectivity index (χ3n) is 3.16. The van der Waals surface area contributed by atoms with Crippen molar-refractivity contribution in [1.29, 1.82) is 0 Å². The van der Waals surface area contributed by atoms with Crippen molar-refractivity contribution < 1.29 is 9.69 Å². The van der Waals surface area contributed by atoms with Crippen molar-refractivity contribution in [2.24, 2.45) is 4.99 Å². The lowest BCUT2D eigenvalue weighted by molar-refractivity contribution is -0.756. The molecule has 0 fully saturated rings. The highest BCUT2D eigenvalue weighted by Gasteiger charge is 2.29. The molecule has 2 N–H and O–H groups in total. The molecule has 1 amide bonds. The van der Waals surface area contributed by atoms with Crippen molar-refractivity contribution in [3.05, 3.63) is 67.3 Å². The number of fused-ring (bicyclic) bond motifs is 1. The molecule has 2 heterocycles. The van der Waals surface area contributed by atoms with E-state index in [0.717, 1.165) is 16.4 Å². The van der Waals surface area contributed by atoms with Gasteiger partial charge in [-0.3, -0.25) is 4.79 Å². The average Bonchev–Trinajstić information content (AvgIpc) is 2.91. The molecule has 1 unspecified atom stereocenters. The van der Waals surface area contributed by atoms with E-state index in [0.29, 0.717) is 12.4 Å². The summed E-state index contributed by atoms with van der Waals surface area (Å²) in [4.78, 5) is 19.5. The van der Waals surface area contributed by atoms with Crippen LogP contribution < -0.4 is 10.2 Å². The fourth-order valence-electron chi connectivity index (χ4n) is 2.12. The normalized spacial score (nSPS) is 20.0. The quantitative estimate of drug-likeness (QED) is 0.846. The van der Waals surface area contributed by atoms with Crippen molar-refractivity contribution in [2.45, 2.75) is 0 Å². The van der Waals surface area contributed by atoms with Crippen LogP contribution in [0.1, 0.15) is 0 Å². The molecule has 0 saturated heterocycles. The first-order valence-electron chi connectivity index (χ1n) is 6.36. The van der Waals surface area contributed by atoms with Gasteiger partial charge in [-0.05, 0) is 12.1 Å². The van der Waals surface area contributed by atoms with Crippen molar-refractivity contribution in [3.63, 3.8) is 0 Å². The van der Waals surface area contributed by atoms with Crippen LogP contribution in [0.25, 0.3) is 0 Å². The molecule has 0 saturated carbocycles. The summed E-state index contributed by atoms with van der Waals surface area (Å²) >= 11 is 0. The molecule has 3 rings (SSSR count). The van der Waals surface area contributed by atoms with E-state index in [1.165, 1.54) is 0 Å². The molecule has 0 radical (unpaired) electrons. The van der Waals surface area contributed by atoms with E-state index in [1.54, 1.807) is 6.20 Å².